The number of halogens is 2. The van der Waals surface area contributed by atoms with Gasteiger partial charge in [0.15, 0.2) is 11.5 Å². The van der Waals surface area contributed by atoms with Crippen molar-refractivity contribution in [2.24, 2.45) is 0 Å². The largest absolute Gasteiger partial charge is 0.493 e. The second-order valence-electron chi connectivity index (χ2n) is 6.78. The second-order valence-corrected chi connectivity index (χ2v) is 8.61. The molecule has 166 valence electrons. The number of benzene rings is 3. The highest BCUT2D eigenvalue weighted by Gasteiger charge is 2.36. The van der Waals surface area contributed by atoms with Gasteiger partial charge >= 0.3 is 5.97 Å². The van der Waals surface area contributed by atoms with E-state index in [4.69, 9.17) is 32.7 Å². The first-order chi connectivity index (χ1) is 15.9. The molecule has 33 heavy (non-hydrogen) atoms. The lowest BCUT2D eigenvalue weighted by Gasteiger charge is -2.12. The molecular formula is C24H15Cl2NO5S. The lowest BCUT2D eigenvalue weighted by atomic mass is 10.1. The van der Waals surface area contributed by atoms with Crippen LogP contribution in [0.15, 0.2) is 71.6 Å². The Bertz CT molecular complexity index is 1290. The van der Waals surface area contributed by atoms with Crippen LogP contribution in [0.2, 0.25) is 10.0 Å². The van der Waals surface area contributed by atoms with Crippen molar-refractivity contribution >= 4 is 63.8 Å². The number of anilines is 1. The SMILES string of the molecule is COc1cc(/C=C2\SC(=O)N(c3ccccc3)C2=O)ccc1OC(=O)c1ccc(Cl)cc1Cl. The molecule has 1 saturated heterocycles. The van der Waals surface area contributed by atoms with E-state index in [1.165, 1.54) is 31.4 Å². The van der Waals surface area contributed by atoms with Crippen molar-refractivity contribution in [3.8, 4) is 11.5 Å². The Hall–Kier alpha value is -3.26. The van der Waals surface area contributed by atoms with Gasteiger partial charge in [-0.05, 0) is 65.9 Å². The summed E-state index contributed by atoms with van der Waals surface area (Å²) in [5, 5.41) is 0.183. The summed E-state index contributed by atoms with van der Waals surface area (Å²) in [4.78, 5) is 39.1. The number of hydrogen-bond acceptors (Lipinski definition) is 6. The Labute approximate surface area is 203 Å². The van der Waals surface area contributed by atoms with Crippen LogP contribution in [0.25, 0.3) is 6.08 Å². The van der Waals surface area contributed by atoms with Crippen LogP contribution >= 0.6 is 35.0 Å². The van der Waals surface area contributed by atoms with Crippen LogP contribution in [-0.2, 0) is 4.79 Å². The van der Waals surface area contributed by atoms with Crippen LogP contribution in [0.4, 0.5) is 10.5 Å². The average molecular weight is 500 g/mol. The normalized spacial score (nSPS) is 14.6. The van der Waals surface area contributed by atoms with E-state index in [-0.39, 0.29) is 32.2 Å². The number of ether oxygens (including phenoxy) is 2. The highest BCUT2D eigenvalue weighted by molar-refractivity contribution is 8.19. The molecule has 0 saturated carbocycles. The molecule has 0 aliphatic carbocycles. The van der Waals surface area contributed by atoms with Crippen LogP contribution in [0.3, 0.4) is 0 Å². The molecule has 0 bridgehead atoms. The molecule has 2 amide bonds. The van der Waals surface area contributed by atoms with Crippen LogP contribution in [-0.4, -0.2) is 24.2 Å². The van der Waals surface area contributed by atoms with E-state index in [9.17, 15) is 14.4 Å². The molecule has 0 aromatic heterocycles. The molecule has 0 unspecified atom stereocenters. The standard InChI is InChI=1S/C24H15Cl2NO5S/c1-31-20-11-14(7-10-19(20)32-23(29)17-9-8-15(25)13-18(17)26)12-21-22(28)27(24(30)33-21)16-5-3-2-4-6-16/h2-13H,1H3/b21-12-. The third kappa shape index (κ3) is 4.90. The fraction of sp³-hybridized carbons (Fsp3) is 0.0417. The fourth-order valence-electron chi connectivity index (χ4n) is 3.09. The van der Waals surface area contributed by atoms with Gasteiger partial charge in [-0.2, -0.15) is 0 Å². The molecule has 1 heterocycles. The average Bonchev–Trinajstić information content (AvgIpc) is 3.07. The van der Waals surface area contributed by atoms with Gasteiger partial charge < -0.3 is 9.47 Å². The summed E-state index contributed by atoms with van der Waals surface area (Å²) in [6.07, 6.45) is 1.58. The maximum absolute atomic E-state index is 12.8. The summed E-state index contributed by atoms with van der Waals surface area (Å²) in [6.45, 7) is 0. The minimum Gasteiger partial charge on any atom is -0.493 e. The van der Waals surface area contributed by atoms with Gasteiger partial charge in [-0.1, -0.05) is 47.5 Å². The molecule has 1 aliphatic heterocycles. The number of methoxy groups -OCH3 is 1. The molecule has 9 heteroatoms. The van der Waals surface area contributed by atoms with Gasteiger partial charge in [-0.25, -0.2) is 9.69 Å². The quantitative estimate of drug-likeness (QED) is 0.227. The van der Waals surface area contributed by atoms with Crippen molar-refractivity contribution in [2.45, 2.75) is 0 Å². The molecule has 3 aromatic carbocycles. The Kier molecular flexibility index (Phi) is 6.74. The number of carbonyl (C=O) groups excluding carboxylic acids is 3. The first-order valence-corrected chi connectivity index (χ1v) is 11.1. The first kappa shape index (κ1) is 22.9. The summed E-state index contributed by atoms with van der Waals surface area (Å²) in [6, 6.07) is 17.9. The molecule has 6 nitrogen and oxygen atoms in total. The highest BCUT2D eigenvalue weighted by atomic mass is 35.5. The maximum atomic E-state index is 12.8. The zero-order valence-corrected chi connectivity index (χ0v) is 19.4. The van der Waals surface area contributed by atoms with Gasteiger partial charge in [0.25, 0.3) is 11.1 Å². The summed E-state index contributed by atoms with van der Waals surface area (Å²) in [5.41, 5.74) is 1.25. The maximum Gasteiger partial charge on any atom is 0.345 e. The highest BCUT2D eigenvalue weighted by Crippen LogP contribution is 2.37. The molecule has 0 N–H and O–H groups in total. The number of nitrogens with zero attached hydrogens (tertiary/aromatic N) is 1. The van der Waals surface area contributed by atoms with Gasteiger partial charge in [0.2, 0.25) is 0 Å². The molecule has 0 radical (unpaired) electrons. The van der Waals surface area contributed by atoms with Gasteiger partial charge in [0, 0.05) is 5.02 Å². The predicted molar refractivity (Wildman–Crippen MR) is 129 cm³/mol. The lowest BCUT2D eigenvalue weighted by molar-refractivity contribution is -0.113. The number of rotatable bonds is 5. The van der Waals surface area contributed by atoms with Crippen molar-refractivity contribution in [3.05, 3.63) is 92.8 Å². The summed E-state index contributed by atoms with van der Waals surface area (Å²) >= 11 is 12.8. The number of amides is 2. The molecule has 0 atom stereocenters. The predicted octanol–water partition coefficient (Wildman–Crippen LogP) is 6.46. The molecule has 1 fully saturated rings. The van der Waals surface area contributed by atoms with E-state index in [1.807, 2.05) is 0 Å². The summed E-state index contributed by atoms with van der Waals surface area (Å²) < 4.78 is 10.8. The van der Waals surface area contributed by atoms with Gasteiger partial charge in [0.05, 0.1) is 28.3 Å². The van der Waals surface area contributed by atoms with Crippen LogP contribution in [0, 0.1) is 0 Å². The Balaban J connectivity index is 1.57. The molecular weight excluding hydrogens is 485 g/mol. The minimum absolute atomic E-state index is 0.154. The number of para-hydroxylation sites is 1. The van der Waals surface area contributed by atoms with Gasteiger partial charge in [-0.15, -0.1) is 0 Å². The number of carbonyl (C=O) groups is 3. The lowest BCUT2D eigenvalue weighted by Crippen LogP contribution is -2.27. The minimum atomic E-state index is -0.674. The molecule has 1 aliphatic rings. The zero-order chi connectivity index (χ0) is 23.5. The third-order valence-corrected chi connectivity index (χ3v) is 6.06. The van der Waals surface area contributed by atoms with Crippen LogP contribution < -0.4 is 14.4 Å². The van der Waals surface area contributed by atoms with Crippen molar-refractivity contribution in [3.63, 3.8) is 0 Å². The van der Waals surface area contributed by atoms with E-state index in [1.54, 1.807) is 48.5 Å². The Morgan fingerprint density at radius 1 is 0.970 bits per heavy atom. The zero-order valence-electron chi connectivity index (χ0n) is 17.1. The van der Waals surface area contributed by atoms with Gasteiger partial charge in [0.1, 0.15) is 0 Å². The van der Waals surface area contributed by atoms with E-state index in [0.717, 1.165) is 16.7 Å². The van der Waals surface area contributed by atoms with Gasteiger partial charge in [-0.3, -0.25) is 9.59 Å². The smallest absolute Gasteiger partial charge is 0.345 e. The summed E-state index contributed by atoms with van der Waals surface area (Å²) in [5.74, 6) is -0.651. The Morgan fingerprint density at radius 3 is 2.42 bits per heavy atom. The number of imide groups is 1. The Morgan fingerprint density at radius 2 is 1.73 bits per heavy atom. The number of thioether (sulfide) groups is 1. The monoisotopic (exact) mass is 499 g/mol. The van der Waals surface area contributed by atoms with Crippen LogP contribution in [0.5, 0.6) is 11.5 Å². The van der Waals surface area contributed by atoms with E-state index in [2.05, 4.69) is 0 Å². The first-order valence-electron chi connectivity index (χ1n) is 9.55. The van der Waals surface area contributed by atoms with E-state index >= 15 is 0 Å². The van der Waals surface area contributed by atoms with Crippen molar-refractivity contribution in [1.82, 2.24) is 0 Å². The molecule has 0 spiro atoms. The number of hydrogen-bond donors (Lipinski definition) is 0. The van der Waals surface area contributed by atoms with Crippen LogP contribution in [0.1, 0.15) is 15.9 Å². The fourth-order valence-corrected chi connectivity index (χ4v) is 4.41. The third-order valence-electron chi connectivity index (χ3n) is 4.65. The van der Waals surface area contributed by atoms with Crippen molar-refractivity contribution in [1.29, 1.82) is 0 Å². The van der Waals surface area contributed by atoms with Crippen molar-refractivity contribution in [2.75, 3.05) is 12.0 Å². The topological polar surface area (TPSA) is 72.9 Å². The van der Waals surface area contributed by atoms with Crippen molar-refractivity contribution < 1.29 is 23.9 Å². The summed E-state index contributed by atoms with van der Waals surface area (Å²) in [7, 11) is 1.43. The molecule has 4 rings (SSSR count). The van der Waals surface area contributed by atoms with E-state index < -0.39 is 11.9 Å². The van der Waals surface area contributed by atoms with E-state index in [0.29, 0.717) is 16.3 Å². The second kappa shape index (κ2) is 9.70. The number of esters is 1. The molecule has 3 aromatic rings.